The van der Waals surface area contributed by atoms with Crippen molar-refractivity contribution >= 4 is 17.1 Å². The average molecular weight is 664 g/mol. The minimum absolute atomic E-state index is 0.234. The SMILES string of the molecule is Cc1c(-c2cc(-c3ccc(C(F)(F)F)cc3)cc(-c3ccc(C(F)(F)F)cc3)c2)cccc1N1c2ccccc2C(C)(C)c2ccccc21. The molecule has 246 valence electrons. The molecule has 0 spiro atoms. The summed E-state index contributed by atoms with van der Waals surface area (Å²) in [7, 11) is 0. The fourth-order valence-electron chi connectivity index (χ4n) is 6.93. The number of nitrogens with zero attached hydrogens (tertiary/aromatic N) is 1. The number of para-hydroxylation sites is 2. The summed E-state index contributed by atoms with van der Waals surface area (Å²) in [6.07, 6.45) is -8.96. The molecule has 0 atom stereocenters. The lowest BCUT2D eigenvalue weighted by atomic mass is 9.73. The van der Waals surface area contributed by atoms with Gasteiger partial charge in [0.25, 0.3) is 0 Å². The maximum absolute atomic E-state index is 13.4. The lowest BCUT2D eigenvalue weighted by Crippen LogP contribution is -2.30. The number of halogens is 6. The lowest BCUT2D eigenvalue weighted by Gasteiger charge is -2.42. The Morgan fingerprint density at radius 2 is 0.857 bits per heavy atom. The quantitative estimate of drug-likeness (QED) is 0.170. The first-order valence-electron chi connectivity index (χ1n) is 15.8. The van der Waals surface area contributed by atoms with Crippen molar-refractivity contribution in [1.29, 1.82) is 0 Å². The largest absolute Gasteiger partial charge is 0.416 e. The maximum Gasteiger partial charge on any atom is 0.416 e. The zero-order chi connectivity index (χ0) is 34.7. The fourth-order valence-corrected chi connectivity index (χ4v) is 6.93. The Hall–Kier alpha value is -5.30. The summed E-state index contributed by atoms with van der Waals surface area (Å²) in [5.74, 6) is 0. The molecule has 0 bridgehead atoms. The molecule has 0 aromatic heterocycles. The van der Waals surface area contributed by atoms with Crippen LogP contribution in [0.2, 0.25) is 0 Å². The molecule has 6 aromatic rings. The minimum atomic E-state index is -4.48. The Bertz CT molecular complexity index is 2050. The van der Waals surface area contributed by atoms with Gasteiger partial charge in [0.15, 0.2) is 0 Å². The van der Waals surface area contributed by atoms with Gasteiger partial charge in [-0.1, -0.05) is 86.6 Å². The van der Waals surface area contributed by atoms with E-state index in [-0.39, 0.29) is 5.41 Å². The topological polar surface area (TPSA) is 3.24 Å². The van der Waals surface area contributed by atoms with E-state index in [1.54, 1.807) is 6.07 Å². The molecular weight excluding hydrogens is 632 g/mol. The van der Waals surface area contributed by atoms with Crippen molar-refractivity contribution in [1.82, 2.24) is 0 Å². The first kappa shape index (κ1) is 32.3. The first-order chi connectivity index (χ1) is 23.2. The van der Waals surface area contributed by atoms with Gasteiger partial charge in [0, 0.05) is 11.1 Å². The molecule has 0 N–H and O–H groups in total. The smallest absolute Gasteiger partial charge is 0.310 e. The van der Waals surface area contributed by atoms with Crippen molar-refractivity contribution in [3.05, 3.63) is 161 Å². The van der Waals surface area contributed by atoms with E-state index in [1.807, 2.05) is 55.5 Å². The van der Waals surface area contributed by atoms with Gasteiger partial charge in [0.1, 0.15) is 0 Å². The Kier molecular flexibility index (Phi) is 7.70. The second-order valence-corrected chi connectivity index (χ2v) is 12.9. The fraction of sp³-hybridized carbons (Fsp3) is 0.143. The van der Waals surface area contributed by atoms with Crippen LogP contribution in [-0.2, 0) is 17.8 Å². The second-order valence-electron chi connectivity index (χ2n) is 12.9. The molecule has 0 amide bonds. The van der Waals surface area contributed by atoms with E-state index in [0.717, 1.165) is 58.0 Å². The van der Waals surface area contributed by atoms with Crippen LogP contribution in [0.25, 0.3) is 33.4 Å². The Balaban J connectivity index is 1.41. The number of fused-ring (bicyclic) bond motifs is 2. The van der Waals surface area contributed by atoms with Crippen LogP contribution in [0.1, 0.15) is 41.7 Å². The second kappa shape index (κ2) is 11.7. The van der Waals surface area contributed by atoms with Gasteiger partial charge in [-0.25, -0.2) is 0 Å². The number of hydrogen-bond donors (Lipinski definition) is 0. The van der Waals surface area contributed by atoms with Gasteiger partial charge in [0.2, 0.25) is 0 Å². The van der Waals surface area contributed by atoms with Crippen LogP contribution >= 0.6 is 0 Å². The number of anilines is 3. The summed E-state index contributed by atoms with van der Waals surface area (Å²) in [6, 6.07) is 38.2. The Morgan fingerprint density at radius 3 is 1.31 bits per heavy atom. The standard InChI is InChI=1S/C42H31F6N/c1-26-34(9-8-14-37(26)49-38-12-6-4-10-35(38)40(2,3)36-11-5-7-13-39(36)49)31-24-29(27-15-19-32(20-16-27)41(43,44)45)23-30(25-31)28-17-21-33(22-18-28)42(46,47)48/h4-25H,1-3H3. The molecular formula is C42H31F6N. The van der Waals surface area contributed by atoms with Crippen molar-refractivity contribution in [2.45, 2.75) is 38.5 Å². The summed E-state index contributed by atoms with van der Waals surface area (Å²) in [4.78, 5) is 2.27. The minimum Gasteiger partial charge on any atom is -0.310 e. The van der Waals surface area contributed by atoms with Gasteiger partial charge in [-0.2, -0.15) is 26.3 Å². The van der Waals surface area contributed by atoms with Crippen LogP contribution in [-0.4, -0.2) is 0 Å². The number of rotatable bonds is 4. The summed E-state index contributed by atoms with van der Waals surface area (Å²) in [5.41, 5.74) is 8.74. The van der Waals surface area contributed by atoms with Crippen LogP contribution in [0.5, 0.6) is 0 Å². The zero-order valence-electron chi connectivity index (χ0n) is 26.9. The number of benzene rings is 6. The lowest BCUT2D eigenvalue weighted by molar-refractivity contribution is -0.138. The third-order valence-corrected chi connectivity index (χ3v) is 9.52. The van der Waals surface area contributed by atoms with Crippen LogP contribution in [0, 0.1) is 6.92 Å². The molecule has 0 radical (unpaired) electrons. The normalized spacial score (nSPS) is 13.9. The van der Waals surface area contributed by atoms with E-state index in [1.165, 1.54) is 35.4 Å². The molecule has 7 heteroatoms. The first-order valence-corrected chi connectivity index (χ1v) is 15.8. The summed E-state index contributed by atoms with van der Waals surface area (Å²) >= 11 is 0. The summed E-state index contributed by atoms with van der Waals surface area (Å²) < 4.78 is 80.3. The molecule has 0 saturated heterocycles. The van der Waals surface area contributed by atoms with Crippen molar-refractivity contribution < 1.29 is 26.3 Å². The van der Waals surface area contributed by atoms with Crippen LogP contribution in [0.15, 0.2) is 133 Å². The third-order valence-electron chi connectivity index (χ3n) is 9.52. The van der Waals surface area contributed by atoms with E-state index in [9.17, 15) is 26.3 Å². The van der Waals surface area contributed by atoms with Crippen molar-refractivity contribution in [2.24, 2.45) is 0 Å². The molecule has 1 heterocycles. The van der Waals surface area contributed by atoms with Crippen LogP contribution in [0.3, 0.4) is 0 Å². The van der Waals surface area contributed by atoms with Gasteiger partial charge in [0.05, 0.1) is 22.5 Å². The van der Waals surface area contributed by atoms with E-state index >= 15 is 0 Å². The average Bonchev–Trinajstić information content (AvgIpc) is 3.08. The Labute approximate surface area is 281 Å². The molecule has 49 heavy (non-hydrogen) atoms. The monoisotopic (exact) mass is 663 g/mol. The summed E-state index contributed by atoms with van der Waals surface area (Å²) in [6.45, 7) is 6.49. The predicted octanol–water partition coefficient (Wildman–Crippen LogP) is 13.1. The molecule has 1 aliphatic rings. The van der Waals surface area contributed by atoms with Gasteiger partial charge >= 0.3 is 12.4 Å². The number of alkyl halides is 6. The van der Waals surface area contributed by atoms with E-state index in [4.69, 9.17) is 0 Å². The van der Waals surface area contributed by atoms with E-state index in [2.05, 4.69) is 49.1 Å². The molecule has 7 rings (SSSR count). The zero-order valence-corrected chi connectivity index (χ0v) is 26.9. The third kappa shape index (κ3) is 5.77. The Morgan fingerprint density at radius 1 is 0.449 bits per heavy atom. The molecule has 0 unspecified atom stereocenters. The van der Waals surface area contributed by atoms with Crippen molar-refractivity contribution in [3.8, 4) is 33.4 Å². The van der Waals surface area contributed by atoms with E-state index in [0.29, 0.717) is 22.3 Å². The van der Waals surface area contributed by atoms with Crippen LogP contribution < -0.4 is 4.90 Å². The van der Waals surface area contributed by atoms with Gasteiger partial charge in [-0.05, 0) is 118 Å². The molecule has 6 aromatic carbocycles. The van der Waals surface area contributed by atoms with Gasteiger partial charge in [-0.3, -0.25) is 0 Å². The molecule has 0 aliphatic carbocycles. The highest BCUT2D eigenvalue weighted by Gasteiger charge is 2.37. The molecule has 1 nitrogen and oxygen atoms in total. The molecule has 0 saturated carbocycles. The molecule has 1 aliphatic heterocycles. The number of hydrogen-bond acceptors (Lipinski definition) is 1. The van der Waals surface area contributed by atoms with Crippen molar-refractivity contribution in [3.63, 3.8) is 0 Å². The highest BCUT2D eigenvalue weighted by Crippen LogP contribution is 2.53. The van der Waals surface area contributed by atoms with Gasteiger partial charge < -0.3 is 4.90 Å². The maximum atomic E-state index is 13.4. The highest BCUT2D eigenvalue weighted by atomic mass is 19.4. The van der Waals surface area contributed by atoms with E-state index < -0.39 is 23.5 Å². The predicted molar refractivity (Wildman–Crippen MR) is 184 cm³/mol. The highest BCUT2D eigenvalue weighted by molar-refractivity contribution is 5.90. The van der Waals surface area contributed by atoms with Gasteiger partial charge in [-0.15, -0.1) is 0 Å². The van der Waals surface area contributed by atoms with Crippen LogP contribution in [0.4, 0.5) is 43.4 Å². The molecule has 0 fully saturated rings. The van der Waals surface area contributed by atoms with Crippen molar-refractivity contribution in [2.75, 3.05) is 4.90 Å². The summed E-state index contributed by atoms with van der Waals surface area (Å²) in [5, 5.41) is 0.